The molecule has 0 radical (unpaired) electrons. The van der Waals surface area contributed by atoms with Crippen molar-refractivity contribution in [1.82, 2.24) is 5.32 Å². The first kappa shape index (κ1) is 21.1. The van der Waals surface area contributed by atoms with E-state index < -0.39 is 28.9 Å². The molecule has 0 fully saturated rings. The van der Waals surface area contributed by atoms with E-state index in [0.717, 1.165) is 19.8 Å². The number of methoxy groups -OCH3 is 2. The number of carbonyl (C=O) groups is 3. The maximum absolute atomic E-state index is 13.6. The van der Waals surface area contributed by atoms with Gasteiger partial charge in [0.05, 0.1) is 31.1 Å². The maximum Gasteiger partial charge on any atom is 0.340 e. The number of esters is 2. The van der Waals surface area contributed by atoms with Crippen molar-refractivity contribution in [3.8, 4) is 11.8 Å². The number of carbonyl (C=O) groups excluding carboxylic acids is 3. The summed E-state index contributed by atoms with van der Waals surface area (Å²) in [4.78, 5) is 39.2. The number of ketones is 1. The maximum atomic E-state index is 13.6. The van der Waals surface area contributed by atoms with Gasteiger partial charge in [0, 0.05) is 5.54 Å². The third-order valence-electron chi connectivity index (χ3n) is 4.81. The lowest BCUT2D eigenvalue weighted by Gasteiger charge is -2.26. The van der Waals surface area contributed by atoms with Crippen molar-refractivity contribution in [1.29, 1.82) is 5.26 Å². The summed E-state index contributed by atoms with van der Waals surface area (Å²) >= 11 is 0. The summed E-state index contributed by atoms with van der Waals surface area (Å²) < 4.78 is 15.8. The van der Waals surface area contributed by atoms with E-state index in [1.807, 2.05) is 26.8 Å². The Bertz CT molecular complexity index is 1080. The Morgan fingerprint density at radius 2 is 1.80 bits per heavy atom. The fraction of sp³-hybridized carbons (Fsp3) is 0.364. The standard InChI is InChI=1S/C22H22N2O6/c1-11-7-8-14-12(9-11)18(25)22(30-14)13(10-23)17(24-21(2,3)4)15(19(26)28-5)16(22)20(27)29-6/h7-9,24H,1-6H3. The molecule has 1 N–H and O–H groups in total. The Hall–Kier alpha value is -3.60. The van der Waals surface area contributed by atoms with Crippen LogP contribution in [0.4, 0.5) is 0 Å². The van der Waals surface area contributed by atoms with E-state index in [2.05, 4.69) is 5.32 Å². The van der Waals surface area contributed by atoms with Crippen molar-refractivity contribution >= 4 is 17.7 Å². The second-order valence-electron chi connectivity index (χ2n) is 8.08. The molecule has 0 bridgehead atoms. The molecule has 1 aliphatic carbocycles. The first-order valence-electron chi connectivity index (χ1n) is 9.21. The molecular weight excluding hydrogens is 388 g/mol. The minimum absolute atomic E-state index is 0.00938. The van der Waals surface area contributed by atoms with Crippen LogP contribution in [0.2, 0.25) is 0 Å². The van der Waals surface area contributed by atoms with Gasteiger partial charge >= 0.3 is 11.9 Å². The zero-order chi connectivity index (χ0) is 22.4. The van der Waals surface area contributed by atoms with E-state index >= 15 is 0 Å². The van der Waals surface area contributed by atoms with Crippen LogP contribution in [0.25, 0.3) is 0 Å². The number of Topliss-reactive ketones (excluding diaryl/α,β-unsaturated/α-hetero) is 1. The third kappa shape index (κ3) is 2.94. The second kappa shape index (κ2) is 7.02. The molecule has 1 spiro atoms. The average Bonchev–Trinajstić information content (AvgIpc) is 3.11. The van der Waals surface area contributed by atoms with Crippen molar-refractivity contribution in [2.75, 3.05) is 14.2 Å². The van der Waals surface area contributed by atoms with Crippen LogP contribution in [0, 0.1) is 18.3 Å². The highest BCUT2D eigenvalue weighted by atomic mass is 16.5. The molecule has 0 saturated carbocycles. The average molecular weight is 410 g/mol. The molecule has 1 aliphatic heterocycles. The summed E-state index contributed by atoms with van der Waals surface area (Å²) in [5, 5.41) is 13.1. The van der Waals surface area contributed by atoms with Gasteiger partial charge in [-0.25, -0.2) is 9.59 Å². The smallest absolute Gasteiger partial charge is 0.340 e. The van der Waals surface area contributed by atoms with Gasteiger partial charge in [0.2, 0.25) is 11.4 Å². The minimum Gasteiger partial charge on any atom is -0.468 e. The van der Waals surface area contributed by atoms with Crippen molar-refractivity contribution in [3.05, 3.63) is 51.7 Å². The Morgan fingerprint density at radius 1 is 1.17 bits per heavy atom. The Balaban J connectivity index is 2.42. The quantitative estimate of drug-likeness (QED) is 0.754. The predicted molar refractivity (Wildman–Crippen MR) is 105 cm³/mol. The van der Waals surface area contributed by atoms with E-state index in [1.54, 1.807) is 25.1 Å². The van der Waals surface area contributed by atoms with E-state index in [1.165, 1.54) is 0 Å². The van der Waals surface area contributed by atoms with E-state index in [-0.39, 0.29) is 33.7 Å². The molecule has 3 rings (SSSR count). The van der Waals surface area contributed by atoms with Crippen LogP contribution in [0.3, 0.4) is 0 Å². The van der Waals surface area contributed by atoms with E-state index in [4.69, 9.17) is 14.2 Å². The van der Waals surface area contributed by atoms with Crippen molar-refractivity contribution in [2.45, 2.75) is 38.8 Å². The summed E-state index contributed by atoms with van der Waals surface area (Å²) in [5.41, 5.74) is -2.55. The van der Waals surface area contributed by atoms with Crippen LogP contribution in [-0.2, 0) is 19.1 Å². The molecule has 2 aliphatic rings. The summed E-state index contributed by atoms with van der Waals surface area (Å²) in [5.74, 6) is -2.27. The highest BCUT2D eigenvalue weighted by molar-refractivity contribution is 6.22. The van der Waals surface area contributed by atoms with Gasteiger partial charge in [0.25, 0.3) is 0 Å². The van der Waals surface area contributed by atoms with Gasteiger partial charge in [-0.15, -0.1) is 0 Å². The fourth-order valence-corrected chi connectivity index (χ4v) is 3.66. The molecule has 0 aromatic heterocycles. The van der Waals surface area contributed by atoms with Crippen molar-refractivity contribution in [3.63, 3.8) is 0 Å². The SMILES string of the molecule is COC(=O)C1=C(C(=O)OC)C2(Oc3ccc(C)cc3C2=O)C(C#N)=C1NC(C)(C)C. The molecule has 156 valence electrons. The number of fused-ring (bicyclic) bond motifs is 1. The number of benzene rings is 1. The molecule has 1 aromatic rings. The topological polar surface area (TPSA) is 115 Å². The summed E-state index contributed by atoms with van der Waals surface area (Å²) in [6.45, 7) is 7.23. The largest absolute Gasteiger partial charge is 0.468 e. The van der Waals surface area contributed by atoms with E-state index in [9.17, 15) is 19.6 Å². The number of nitrogens with zero attached hydrogens (tertiary/aromatic N) is 1. The number of nitrogens with one attached hydrogen (secondary N) is 1. The van der Waals surface area contributed by atoms with Gasteiger partial charge < -0.3 is 19.5 Å². The second-order valence-corrected chi connectivity index (χ2v) is 8.08. The van der Waals surface area contributed by atoms with Gasteiger partial charge in [-0.2, -0.15) is 5.26 Å². The van der Waals surface area contributed by atoms with Gasteiger partial charge in [-0.05, 0) is 39.8 Å². The number of hydrogen-bond acceptors (Lipinski definition) is 8. The van der Waals surface area contributed by atoms with Crippen LogP contribution in [0.5, 0.6) is 5.75 Å². The van der Waals surface area contributed by atoms with E-state index in [0.29, 0.717) is 0 Å². The van der Waals surface area contributed by atoms with Crippen LogP contribution in [0.1, 0.15) is 36.7 Å². The summed E-state index contributed by atoms with van der Waals surface area (Å²) in [7, 11) is 2.27. The number of hydrogen-bond donors (Lipinski definition) is 1. The number of rotatable bonds is 3. The van der Waals surface area contributed by atoms with Crippen LogP contribution < -0.4 is 10.1 Å². The predicted octanol–water partition coefficient (Wildman–Crippen LogP) is 2.13. The lowest BCUT2D eigenvalue weighted by atomic mass is 9.84. The Kier molecular flexibility index (Phi) is 4.94. The first-order valence-corrected chi connectivity index (χ1v) is 9.21. The first-order chi connectivity index (χ1) is 14.0. The third-order valence-corrected chi connectivity index (χ3v) is 4.81. The molecule has 0 saturated heterocycles. The molecule has 1 aromatic carbocycles. The lowest BCUT2D eigenvalue weighted by Crippen LogP contribution is -2.46. The van der Waals surface area contributed by atoms with Gasteiger partial charge in [-0.3, -0.25) is 4.79 Å². The number of ether oxygens (including phenoxy) is 3. The van der Waals surface area contributed by atoms with Gasteiger partial charge in [0.15, 0.2) is 0 Å². The zero-order valence-corrected chi connectivity index (χ0v) is 17.6. The van der Waals surface area contributed by atoms with Crippen molar-refractivity contribution in [2.24, 2.45) is 0 Å². The van der Waals surface area contributed by atoms with Gasteiger partial charge in [-0.1, -0.05) is 11.6 Å². The van der Waals surface area contributed by atoms with Crippen LogP contribution in [-0.4, -0.2) is 43.1 Å². The minimum atomic E-state index is -2.13. The molecule has 1 heterocycles. The Labute approximate surface area is 174 Å². The zero-order valence-electron chi connectivity index (χ0n) is 17.6. The monoisotopic (exact) mass is 410 g/mol. The van der Waals surface area contributed by atoms with Crippen LogP contribution >= 0.6 is 0 Å². The molecule has 8 heteroatoms. The lowest BCUT2D eigenvalue weighted by molar-refractivity contribution is -0.140. The van der Waals surface area contributed by atoms with Gasteiger partial charge in [0.1, 0.15) is 23.0 Å². The number of nitriles is 1. The normalized spacial score (nSPS) is 20.1. The Morgan fingerprint density at radius 3 is 2.33 bits per heavy atom. The number of aryl methyl sites for hydroxylation is 1. The molecule has 8 nitrogen and oxygen atoms in total. The highest BCUT2D eigenvalue weighted by Gasteiger charge is 2.63. The molecule has 30 heavy (non-hydrogen) atoms. The molecule has 1 atom stereocenters. The fourth-order valence-electron chi connectivity index (χ4n) is 3.66. The summed E-state index contributed by atoms with van der Waals surface area (Å²) in [6.07, 6.45) is 0. The van der Waals surface area contributed by atoms with Crippen molar-refractivity contribution < 1.29 is 28.6 Å². The molecule has 1 unspecified atom stereocenters. The summed E-state index contributed by atoms with van der Waals surface area (Å²) in [6, 6.07) is 6.93. The molecular formula is C22H22N2O6. The highest BCUT2D eigenvalue weighted by Crippen LogP contribution is 2.50. The molecule has 0 amide bonds. The van der Waals surface area contributed by atoms with Crippen LogP contribution in [0.15, 0.2) is 40.6 Å².